The summed E-state index contributed by atoms with van der Waals surface area (Å²) in [4.78, 5) is 38.6. The molecule has 9 heteroatoms. The van der Waals surface area contributed by atoms with Crippen LogP contribution in [0.3, 0.4) is 0 Å². The van der Waals surface area contributed by atoms with Gasteiger partial charge in [-0.25, -0.2) is 4.98 Å². The number of H-pyrrole nitrogens is 1. The highest BCUT2D eigenvalue weighted by Gasteiger charge is 2.22. The molecule has 1 aliphatic rings. The van der Waals surface area contributed by atoms with Crippen molar-refractivity contribution in [1.29, 1.82) is 0 Å². The molecule has 9 nitrogen and oxygen atoms in total. The van der Waals surface area contributed by atoms with Crippen LogP contribution in [0.25, 0.3) is 0 Å². The number of aromatic nitrogens is 4. The van der Waals surface area contributed by atoms with E-state index in [1.807, 2.05) is 20.6 Å². The number of aromatic amines is 1. The van der Waals surface area contributed by atoms with Crippen molar-refractivity contribution in [3.63, 3.8) is 0 Å². The number of nitrogens with two attached hydrogens (primary N) is 1. The maximum atomic E-state index is 12.4. The molecule has 3 N–H and O–H groups in total. The van der Waals surface area contributed by atoms with Crippen molar-refractivity contribution in [2.45, 2.75) is 26.3 Å². The fourth-order valence-corrected chi connectivity index (χ4v) is 3.04. The Labute approximate surface area is 145 Å². The van der Waals surface area contributed by atoms with Gasteiger partial charge < -0.3 is 20.1 Å². The lowest BCUT2D eigenvalue weighted by Gasteiger charge is -2.35. The number of rotatable bonds is 5. The van der Waals surface area contributed by atoms with Crippen molar-refractivity contribution in [2.24, 2.45) is 0 Å². The van der Waals surface area contributed by atoms with Crippen molar-refractivity contribution in [1.82, 2.24) is 24.4 Å². The molecule has 1 saturated heterocycles. The number of piperazine rings is 1. The third kappa shape index (κ3) is 3.98. The molecule has 3 rings (SSSR count). The zero-order valence-electron chi connectivity index (χ0n) is 14.3. The van der Waals surface area contributed by atoms with Gasteiger partial charge in [0, 0.05) is 64.0 Å². The highest BCUT2D eigenvalue weighted by Crippen LogP contribution is 2.13. The summed E-state index contributed by atoms with van der Waals surface area (Å²) in [5.74, 6) is 1.79. The zero-order chi connectivity index (χ0) is 17.8. The lowest BCUT2D eigenvalue weighted by atomic mass is 10.2. The number of hydrogen-bond donors (Lipinski definition) is 2. The van der Waals surface area contributed by atoms with E-state index in [0.29, 0.717) is 45.0 Å². The number of amides is 1. The Balaban J connectivity index is 1.53. The van der Waals surface area contributed by atoms with Crippen LogP contribution < -0.4 is 16.2 Å². The molecule has 0 aliphatic carbocycles. The molecule has 0 bridgehead atoms. The molecule has 25 heavy (non-hydrogen) atoms. The number of nitrogen functional groups attached to an aromatic ring is 1. The first-order valence-corrected chi connectivity index (χ1v) is 8.46. The summed E-state index contributed by atoms with van der Waals surface area (Å²) in [5, 5.41) is 0. The summed E-state index contributed by atoms with van der Waals surface area (Å²) in [6.07, 6.45) is 4.99. The second kappa shape index (κ2) is 7.37. The van der Waals surface area contributed by atoms with Gasteiger partial charge in [-0.3, -0.25) is 14.6 Å². The minimum Gasteiger partial charge on any atom is -0.369 e. The van der Waals surface area contributed by atoms with Crippen LogP contribution in [0.15, 0.2) is 23.3 Å². The molecule has 0 aromatic carbocycles. The molecule has 2 aromatic heterocycles. The van der Waals surface area contributed by atoms with Crippen LogP contribution in [0.2, 0.25) is 0 Å². The Morgan fingerprint density at radius 1 is 1.32 bits per heavy atom. The summed E-state index contributed by atoms with van der Waals surface area (Å²) >= 11 is 0. The number of nitrogens with one attached hydrogen (secondary N) is 1. The summed E-state index contributed by atoms with van der Waals surface area (Å²) in [5.41, 5.74) is 5.32. The van der Waals surface area contributed by atoms with Crippen molar-refractivity contribution in [3.05, 3.63) is 34.6 Å². The summed E-state index contributed by atoms with van der Waals surface area (Å²) in [6, 6.07) is 1.43. The van der Waals surface area contributed by atoms with E-state index in [4.69, 9.17) is 5.73 Å². The third-order valence-corrected chi connectivity index (χ3v) is 4.39. The van der Waals surface area contributed by atoms with Crippen molar-refractivity contribution in [2.75, 3.05) is 36.8 Å². The molecule has 0 radical (unpaired) electrons. The number of imidazole rings is 1. The van der Waals surface area contributed by atoms with Gasteiger partial charge in [0.25, 0.3) is 5.56 Å². The molecule has 1 aliphatic heterocycles. The quantitative estimate of drug-likeness (QED) is 0.779. The van der Waals surface area contributed by atoms with Crippen LogP contribution >= 0.6 is 0 Å². The smallest absolute Gasteiger partial charge is 0.254 e. The number of nitrogens with zero attached hydrogens (tertiary/aromatic N) is 5. The Bertz CT molecular complexity index is 790. The molecule has 0 atom stereocenters. The summed E-state index contributed by atoms with van der Waals surface area (Å²) in [7, 11) is 0. The lowest BCUT2D eigenvalue weighted by molar-refractivity contribution is -0.131. The Morgan fingerprint density at radius 3 is 2.76 bits per heavy atom. The second-order valence-electron chi connectivity index (χ2n) is 6.00. The second-order valence-corrected chi connectivity index (χ2v) is 6.00. The molecule has 134 valence electrons. The number of hydrogen-bond acceptors (Lipinski definition) is 6. The molecule has 1 amide bonds. The molecular weight excluding hydrogens is 322 g/mol. The molecule has 0 spiro atoms. The highest BCUT2D eigenvalue weighted by atomic mass is 16.2. The fraction of sp³-hybridized carbons (Fsp3) is 0.500. The van der Waals surface area contributed by atoms with Gasteiger partial charge >= 0.3 is 0 Å². The predicted molar refractivity (Wildman–Crippen MR) is 94.3 cm³/mol. The van der Waals surface area contributed by atoms with Crippen LogP contribution in [-0.4, -0.2) is 56.5 Å². The standard InChI is InChI=1S/C16H23N7O2/c1-2-12-18-4-6-21(12)5-3-15(25)23-9-7-22(8-10-23)13-11-14(24)20-16(17)19-13/h4,6,11H,2-3,5,7-10H2,1H3,(H3,17,19,20,24). The van der Waals surface area contributed by atoms with E-state index in [9.17, 15) is 9.59 Å². The summed E-state index contributed by atoms with van der Waals surface area (Å²) < 4.78 is 2.02. The predicted octanol–water partition coefficient (Wildman–Crippen LogP) is -0.150. The number of anilines is 2. The van der Waals surface area contributed by atoms with Gasteiger partial charge in [0.05, 0.1) is 0 Å². The molecule has 3 heterocycles. The highest BCUT2D eigenvalue weighted by molar-refractivity contribution is 5.76. The topological polar surface area (TPSA) is 113 Å². The van der Waals surface area contributed by atoms with Crippen molar-refractivity contribution < 1.29 is 4.79 Å². The van der Waals surface area contributed by atoms with E-state index in [1.54, 1.807) is 6.20 Å². The van der Waals surface area contributed by atoms with Gasteiger partial charge in [0.15, 0.2) is 0 Å². The molecule has 1 fully saturated rings. The first-order valence-electron chi connectivity index (χ1n) is 8.46. The monoisotopic (exact) mass is 345 g/mol. The minimum absolute atomic E-state index is 0.105. The van der Waals surface area contributed by atoms with E-state index < -0.39 is 0 Å². The van der Waals surface area contributed by atoms with Gasteiger partial charge in [-0.15, -0.1) is 0 Å². The van der Waals surface area contributed by atoms with Gasteiger partial charge in [-0.1, -0.05) is 6.92 Å². The SMILES string of the molecule is CCc1nccn1CCC(=O)N1CCN(c2cc(=O)[nH]c(N)n2)CC1. The maximum absolute atomic E-state index is 12.4. The number of carbonyl (C=O) groups excluding carboxylic acids is 1. The molecular formula is C16H23N7O2. The average molecular weight is 345 g/mol. The van der Waals surface area contributed by atoms with Gasteiger partial charge in [-0.2, -0.15) is 4.98 Å². The lowest BCUT2D eigenvalue weighted by Crippen LogP contribution is -2.49. The largest absolute Gasteiger partial charge is 0.369 e. The van der Waals surface area contributed by atoms with E-state index in [-0.39, 0.29) is 17.4 Å². The molecule has 0 unspecified atom stereocenters. The zero-order valence-corrected chi connectivity index (χ0v) is 14.3. The fourth-order valence-electron chi connectivity index (χ4n) is 3.04. The number of aryl methyl sites for hydroxylation is 2. The molecule has 0 saturated carbocycles. The Hall–Kier alpha value is -2.84. The Morgan fingerprint density at radius 2 is 2.08 bits per heavy atom. The van der Waals surface area contributed by atoms with E-state index in [2.05, 4.69) is 21.9 Å². The first-order chi connectivity index (χ1) is 12.1. The van der Waals surface area contributed by atoms with Crippen LogP contribution in [0.5, 0.6) is 0 Å². The third-order valence-electron chi connectivity index (χ3n) is 4.39. The average Bonchev–Trinajstić information content (AvgIpc) is 3.06. The van der Waals surface area contributed by atoms with Crippen LogP contribution in [-0.2, 0) is 17.8 Å². The van der Waals surface area contributed by atoms with E-state index in [1.165, 1.54) is 6.07 Å². The van der Waals surface area contributed by atoms with Gasteiger partial charge in [0.1, 0.15) is 11.6 Å². The number of carbonyl (C=O) groups is 1. The molecule has 2 aromatic rings. The Kier molecular flexibility index (Phi) is 5.01. The van der Waals surface area contributed by atoms with E-state index in [0.717, 1.165) is 12.2 Å². The van der Waals surface area contributed by atoms with Gasteiger partial charge in [0.2, 0.25) is 11.9 Å². The first kappa shape index (κ1) is 17.0. The van der Waals surface area contributed by atoms with E-state index >= 15 is 0 Å². The summed E-state index contributed by atoms with van der Waals surface area (Å²) in [6.45, 7) is 5.18. The maximum Gasteiger partial charge on any atom is 0.254 e. The normalized spacial score (nSPS) is 14.8. The van der Waals surface area contributed by atoms with Crippen molar-refractivity contribution >= 4 is 17.7 Å². The van der Waals surface area contributed by atoms with Gasteiger partial charge in [-0.05, 0) is 0 Å². The van der Waals surface area contributed by atoms with Crippen molar-refractivity contribution in [3.8, 4) is 0 Å². The minimum atomic E-state index is -0.270. The van der Waals surface area contributed by atoms with Crippen LogP contribution in [0, 0.1) is 0 Å². The van der Waals surface area contributed by atoms with Crippen LogP contribution in [0.4, 0.5) is 11.8 Å². The van der Waals surface area contributed by atoms with Crippen LogP contribution in [0.1, 0.15) is 19.2 Å².